The van der Waals surface area contributed by atoms with E-state index in [0.717, 1.165) is 32.4 Å². The first-order valence-electron chi connectivity index (χ1n) is 7.57. The molecular weight excluding hydrogens is 272 g/mol. The van der Waals surface area contributed by atoms with Crippen molar-refractivity contribution >= 4 is 17.7 Å². The second kappa shape index (κ2) is 7.51. The number of imide groups is 1. The van der Waals surface area contributed by atoms with Gasteiger partial charge in [0.05, 0.1) is 13.1 Å². The maximum atomic E-state index is 11.9. The fourth-order valence-corrected chi connectivity index (χ4v) is 2.84. The zero-order valence-electron chi connectivity index (χ0n) is 12.6. The number of hydrogen-bond acceptors (Lipinski definition) is 5. The van der Waals surface area contributed by atoms with E-state index in [-0.39, 0.29) is 24.9 Å². The average Bonchev–Trinajstić information content (AvgIpc) is 2.84. The zero-order valence-corrected chi connectivity index (χ0v) is 12.6. The van der Waals surface area contributed by atoms with Crippen molar-refractivity contribution in [1.29, 1.82) is 0 Å². The van der Waals surface area contributed by atoms with Gasteiger partial charge in [-0.3, -0.25) is 24.6 Å². The first-order chi connectivity index (χ1) is 10.1. The Morgan fingerprint density at radius 1 is 1.38 bits per heavy atom. The lowest BCUT2D eigenvalue weighted by Crippen LogP contribution is -2.49. The molecule has 2 fully saturated rings. The Kier molecular flexibility index (Phi) is 5.69. The molecule has 0 aliphatic carbocycles. The lowest BCUT2D eigenvalue weighted by Gasteiger charge is -2.31. The monoisotopic (exact) mass is 296 g/mol. The number of nitrogens with zero attached hydrogens (tertiary/aromatic N) is 2. The van der Waals surface area contributed by atoms with Crippen LogP contribution in [0.4, 0.5) is 0 Å². The van der Waals surface area contributed by atoms with Crippen LogP contribution >= 0.6 is 0 Å². The van der Waals surface area contributed by atoms with E-state index in [0.29, 0.717) is 19.0 Å². The second-order valence-electron chi connectivity index (χ2n) is 5.81. The Labute approximate surface area is 125 Å². The molecule has 0 radical (unpaired) electrons. The van der Waals surface area contributed by atoms with Crippen LogP contribution in [0.5, 0.6) is 0 Å². The van der Waals surface area contributed by atoms with E-state index in [1.54, 1.807) is 0 Å². The van der Waals surface area contributed by atoms with Gasteiger partial charge in [-0.15, -0.1) is 0 Å². The van der Waals surface area contributed by atoms with E-state index < -0.39 is 5.91 Å². The lowest BCUT2D eigenvalue weighted by molar-refractivity contribution is -0.136. The molecule has 2 aliphatic heterocycles. The van der Waals surface area contributed by atoms with Crippen molar-refractivity contribution in [3.63, 3.8) is 0 Å². The van der Waals surface area contributed by atoms with Gasteiger partial charge in [0.25, 0.3) is 0 Å². The van der Waals surface area contributed by atoms with E-state index in [1.165, 1.54) is 4.90 Å². The highest BCUT2D eigenvalue weighted by molar-refractivity contribution is 5.98. The van der Waals surface area contributed by atoms with Gasteiger partial charge < -0.3 is 10.2 Å². The van der Waals surface area contributed by atoms with Gasteiger partial charge in [0.15, 0.2) is 0 Å². The number of hydrogen-bond donors (Lipinski definition) is 2. The standard InChI is InChI=1S/C14H24N4O3/c1-17(11-4-2-6-15-8-11)9-12(19)16-13(20)10-18-7-3-5-14(18)21/h11,15H,2-10H2,1H3,(H,16,19,20). The Bertz CT molecular complexity index is 407. The SMILES string of the molecule is CN(CC(=O)NC(=O)CN1CCCC1=O)C1CCCNC1. The summed E-state index contributed by atoms with van der Waals surface area (Å²) >= 11 is 0. The molecule has 2 saturated heterocycles. The number of nitrogens with one attached hydrogen (secondary N) is 2. The molecule has 0 aromatic heterocycles. The van der Waals surface area contributed by atoms with E-state index >= 15 is 0 Å². The zero-order chi connectivity index (χ0) is 15.2. The Morgan fingerprint density at radius 2 is 2.19 bits per heavy atom. The van der Waals surface area contributed by atoms with Gasteiger partial charge >= 0.3 is 0 Å². The summed E-state index contributed by atoms with van der Waals surface area (Å²) in [5, 5.41) is 5.66. The van der Waals surface area contributed by atoms with Crippen molar-refractivity contribution < 1.29 is 14.4 Å². The Balaban J connectivity index is 1.70. The molecule has 21 heavy (non-hydrogen) atoms. The minimum Gasteiger partial charge on any atom is -0.333 e. The van der Waals surface area contributed by atoms with Crippen LogP contribution in [0.25, 0.3) is 0 Å². The quantitative estimate of drug-likeness (QED) is 0.675. The molecule has 2 N–H and O–H groups in total. The molecule has 1 unspecified atom stereocenters. The van der Waals surface area contributed by atoms with E-state index in [2.05, 4.69) is 10.6 Å². The predicted molar refractivity (Wildman–Crippen MR) is 77.5 cm³/mol. The molecule has 2 heterocycles. The molecular formula is C14H24N4O3. The van der Waals surface area contributed by atoms with E-state index in [1.807, 2.05) is 11.9 Å². The molecule has 1 atom stereocenters. The van der Waals surface area contributed by atoms with Crippen LogP contribution in [0.3, 0.4) is 0 Å². The number of carbonyl (C=O) groups excluding carboxylic acids is 3. The molecule has 0 saturated carbocycles. The van der Waals surface area contributed by atoms with Gasteiger partial charge in [0, 0.05) is 25.6 Å². The first-order valence-corrected chi connectivity index (χ1v) is 7.57. The maximum Gasteiger partial charge on any atom is 0.246 e. The van der Waals surface area contributed by atoms with Gasteiger partial charge in [-0.25, -0.2) is 0 Å². The van der Waals surface area contributed by atoms with Crippen molar-refractivity contribution in [2.45, 2.75) is 31.7 Å². The van der Waals surface area contributed by atoms with Crippen molar-refractivity contribution in [3.05, 3.63) is 0 Å². The molecule has 0 bridgehead atoms. The molecule has 0 aromatic carbocycles. The summed E-state index contributed by atoms with van der Waals surface area (Å²) in [5.74, 6) is -0.715. The molecule has 0 aromatic rings. The fourth-order valence-electron chi connectivity index (χ4n) is 2.84. The molecule has 3 amide bonds. The third-order valence-corrected chi connectivity index (χ3v) is 4.07. The number of piperidine rings is 1. The molecule has 118 valence electrons. The molecule has 7 heteroatoms. The van der Waals surface area contributed by atoms with Gasteiger partial charge in [-0.1, -0.05) is 0 Å². The Hall–Kier alpha value is -1.47. The normalized spacial score (nSPS) is 22.7. The smallest absolute Gasteiger partial charge is 0.246 e. The van der Waals surface area contributed by atoms with E-state index in [4.69, 9.17) is 0 Å². The summed E-state index contributed by atoms with van der Waals surface area (Å²) in [4.78, 5) is 38.5. The van der Waals surface area contributed by atoms with Crippen LogP contribution in [-0.4, -0.2) is 73.3 Å². The van der Waals surface area contributed by atoms with Crippen molar-refractivity contribution in [2.75, 3.05) is 39.8 Å². The molecule has 0 spiro atoms. The van der Waals surface area contributed by atoms with Crippen molar-refractivity contribution in [1.82, 2.24) is 20.4 Å². The lowest BCUT2D eigenvalue weighted by atomic mass is 10.1. The summed E-state index contributed by atoms with van der Waals surface area (Å²) in [7, 11) is 1.89. The minimum absolute atomic E-state index is 0.0111. The molecule has 7 nitrogen and oxygen atoms in total. The van der Waals surface area contributed by atoms with Gasteiger partial charge in [0.1, 0.15) is 0 Å². The highest BCUT2D eigenvalue weighted by Gasteiger charge is 2.24. The largest absolute Gasteiger partial charge is 0.333 e. The van der Waals surface area contributed by atoms with Gasteiger partial charge in [-0.2, -0.15) is 0 Å². The van der Waals surface area contributed by atoms with Crippen LogP contribution in [0.2, 0.25) is 0 Å². The maximum absolute atomic E-state index is 11.9. The third kappa shape index (κ3) is 4.78. The number of rotatable bonds is 5. The molecule has 2 aliphatic rings. The van der Waals surface area contributed by atoms with E-state index in [9.17, 15) is 14.4 Å². The van der Waals surface area contributed by atoms with Crippen LogP contribution in [-0.2, 0) is 14.4 Å². The second-order valence-corrected chi connectivity index (χ2v) is 5.81. The fraction of sp³-hybridized carbons (Fsp3) is 0.786. The number of carbonyl (C=O) groups is 3. The van der Waals surface area contributed by atoms with Crippen molar-refractivity contribution in [3.8, 4) is 0 Å². The van der Waals surface area contributed by atoms with Crippen LogP contribution < -0.4 is 10.6 Å². The third-order valence-electron chi connectivity index (χ3n) is 4.07. The summed E-state index contributed by atoms with van der Waals surface area (Å²) in [6.07, 6.45) is 3.45. The highest BCUT2D eigenvalue weighted by Crippen LogP contribution is 2.09. The highest BCUT2D eigenvalue weighted by atomic mass is 16.2. The Morgan fingerprint density at radius 3 is 2.81 bits per heavy atom. The predicted octanol–water partition coefficient (Wildman–Crippen LogP) is -1.06. The van der Waals surface area contributed by atoms with Gasteiger partial charge in [0.2, 0.25) is 17.7 Å². The van der Waals surface area contributed by atoms with Crippen LogP contribution in [0.1, 0.15) is 25.7 Å². The number of amides is 3. The minimum atomic E-state index is -0.398. The van der Waals surface area contributed by atoms with Crippen LogP contribution in [0.15, 0.2) is 0 Å². The number of likely N-dealkylation sites (N-methyl/N-ethyl adjacent to an activating group) is 1. The average molecular weight is 296 g/mol. The summed E-state index contributed by atoms with van der Waals surface area (Å²) in [5.41, 5.74) is 0. The topological polar surface area (TPSA) is 81.8 Å². The molecule has 2 rings (SSSR count). The van der Waals surface area contributed by atoms with Crippen molar-refractivity contribution in [2.24, 2.45) is 0 Å². The summed E-state index contributed by atoms with van der Waals surface area (Å²) in [6.45, 7) is 2.69. The number of likely N-dealkylation sites (tertiary alicyclic amines) is 1. The summed E-state index contributed by atoms with van der Waals surface area (Å²) in [6, 6.07) is 0.333. The summed E-state index contributed by atoms with van der Waals surface area (Å²) < 4.78 is 0. The van der Waals surface area contributed by atoms with Crippen LogP contribution in [0, 0.1) is 0 Å². The van der Waals surface area contributed by atoms with Gasteiger partial charge in [-0.05, 0) is 32.9 Å². The first kappa shape index (κ1) is 15.9.